The predicted molar refractivity (Wildman–Crippen MR) is 87.0 cm³/mol. The maximum absolute atomic E-state index is 10.7. The molecule has 114 valence electrons. The van der Waals surface area contributed by atoms with Crippen LogP contribution in [-0.4, -0.2) is 29.5 Å². The van der Waals surface area contributed by atoms with Gasteiger partial charge in [0.1, 0.15) is 0 Å². The van der Waals surface area contributed by atoms with Crippen molar-refractivity contribution in [3.8, 4) is 11.5 Å². The fraction of sp³-hybridized carbons (Fsp3) is 0.0667. The molecule has 0 saturated heterocycles. The van der Waals surface area contributed by atoms with E-state index in [0.29, 0.717) is 15.9 Å². The summed E-state index contributed by atoms with van der Waals surface area (Å²) in [5.74, 6) is -0.616. The minimum Gasteiger partial charge on any atom is -0.503 e. The summed E-state index contributed by atoms with van der Waals surface area (Å²) in [5, 5.41) is 22.6. The SMILES string of the molecule is COc1cc(C=NNc2ccc(C(=O)O)cc2)cc(Br)c1O. The van der Waals surface area contributed by atoms with Crippen molar-refractivity contribution in [2.45, 2.75) is 0 Å². The molecule has 0 aliphatic carbocycles. The Kier molecular flexibility index (Phi) is 5.00. The van der Waals surface area contributed by atoms with Gasteiger partial charge in [0.25, 0.3) is 0 Å². The number of carbonyl (C=O) groups is 1. The van der Waals surface area contributed by atoms with Crippen LogP contribution in [0.25, 0.3) is 0 Å². The molecule has 0 spiro atoms. The second-order valence-electron chi connectivity index (χ2n) is 4.31. The molecule has 0 aromatic heterocycles. The summed E-state index contributed by atoms with van der Waals surface area (Å²) in [4.78, 5) is 10.7. The van der Waals surface area contributed by atoms with Gasteiger partial charge in [0.05, 0.1) is 29.0 Å². The molecule has 2 aromatic rings. The molecule has 6 nitrogen and oxygen atoms in total. The average Bonchev–Trinajstić information content (AvgIpc) is 2.51. The predicted octanol–water partition coefficient (Wildman–Crippen LogP) is 3.31. The van der Waals surface area contributed by atoms with E-state index >= 15 is 0 Å². The Morgan fingerprint density at radius 2 is 2.00 bits per heavy atom. The van der Waals surface area contributed by atoms with Crippen molar-refractivity contribution >= 4 is 33.8 Å². The highest BCUT2D eigenvalue weighted by atomic mass is 79.9. The number of phenols is 1. The van der Waals surface area contributed by atoms with Gasteiger partial charge >= 0.3 is 5.97 Å². The van der Waals surface area contributed by atoms with Crippen LogP contribution in [0.3, 0.4) is 0 Å². The van der Waals surface area contributed by atoms with E-state index in [2.05, 4.69) is 26.5 Å². The summed E-state index contributed by atoms with van der Waals surface area (Å²) in [5.41, 5.74) is 4.38. The number of aromatic carboxylic acids is 1. The van der Waals surface area contributed by atoms with Gasteiger partial charge in [0.2, 0.25) is 0 Å². The fourth-order valence-electron chi connectivity index (χ4n) is 1.69. The van der Waals surface area contributed by atoms with Crippen LogP contribution in [0.15, 0.2) is 46.0 Å². The fourth-order valence-corrected chi connectivity index (χ4v) is 2.15. The Morgan fingerprint density at radius 3 is 2.59 bits per heavy atom. The van der Waals surface area contributed by atoms with Gasteiger partial charge in [0.15, 0.2) is 11.5 Å². The van der Waals surface area contributed by atoms with Gasteiger partial charge in [0, 0.05) is 0 Å². The molecule has 0 amide bonds. The van der Waals surface area contributed by atoms with Crippen molar-refractivity contribution in [3.63, 3.8) is 0 Å². The van der Waals surface area contributed by atoms with E-state index < -0.39 is 5.97 Å². The molecule has 2 rings (SSSR count). The molecule has 0 bridgehead atoms. The molecule has 0 fully saturated rings. The number of hydrogen-bond acceptors (Lipinski definition) is 5. The summed E-state index contributed by atoms with van der Waals surface area (Å²) in [6, 6.07) is 9.54. The molecule has 0 atom stereocenters. The van der Waals surface area contributed by atoms with Crippen molar-refractivity contribution in [2.24, 2.45) is 5.10 Å². The lowest BCUT2D eigenvalue weighted by Gasteiger charge is -2.06. The summed E-state index contributed by atoms with van der Waals surface area (Å²) in [6.07, 6.45) is 1.55. The van der Waals surface area contributed by atoms with Crippen LogP contribution in [0.1, 0.15) is 15.9 Å². The largest absolute Gasteiger partial charge is 0.503 e. The number of halogens is 1. The molecule has 0 saturated carbocycles. The standard InChI is InChI=1S/C15H13BrN2O4/c1-22-13-7-9(6-12(16)14(13)19)8-17-18-11-4-2-10(3-5-11)15(20)21/h2-8,18-19H,1H3,(H,20,21). The van der Waals surface area contributed by atoms with E-state index in [0.717, 1.165) is 5.56 Å². The molecular weight excluding hydrogens is 352 g/mol. The lowest BCUT2D eigenvalue weighted by atomic mass is 10.2. The number of nitrogens with one attached hydrogen (secondary N) is 1. The number of carboxylic acids is 1. The summed E-state index contributed by atoms with van der Waals surface area (Å²) < 4.78 is 5.55. The molecule has 22 heavy (non-hydrogen) atoms. The van der Waals surface area contributed by atoms with Crippen LogP contribution in [0, 0.1) is 0 Å². The minimum atomic E-state index is -0.976. The lowest BCUT2D eigenvalue weighted by molar-refractivity contribution is 0.0697. The first kappa shape index (κ1) is 15.8. The van der Waals surface area contributed by atoms with Crippen molar-refractivity contribution in [3.05, 3.63) is 52.0 Å². The summed E-state index contributed by atoms with van der Waals surface area (Å²) in [6.45, 7) is 0. The number of hydrogen-bond donors (Lipinski definition) is 3. The third-order valence-corrected chi connectivity index (χ3v) is 3.41. The van der Waals surface area contributed by atoms with Crippen molar-refractivity contribution < 1.29 is 19.7 Å². The first-order chi connectivity index (χ1) is 10.5. The van der Waals surface area contributed by atoms with Crippen LogP contribution in [0.4, 0.5) is 5.69 Å². The van der Waals surface area contributed by atoms with E-state index in [1.165, 1.54) is 19.2 Å². The Hall–Kier alpha value is -2.54. The van der Waals surface area contributed by atoms with E-state index in [9.17, 15) is 9.90 Å². The summed E-state index contributed by atoms with van der Waals surface area (Å²) in [7, 11) is 1.46. The number of phenolic OH excluding ortho intramolecular Hbond substituents is 1. The van der Waals surface area contributed by atoms with Crippen LogP contribution >= 0.6 is 15.9 Å². The van der Waals surface area contributed by atoms with Gasteiger partial charge in [-0.1, -0.05) is 0 Å². The molecule has 0 aliphatic rings. The van der Waals surface area contributed by atoms with Gasteiger partial charge in [-0.3, -0.25) is 5.43 Å². The number of aromatic hydroxyl groups is 1. The maximum Gasteiger partial charge on any atom is 0.335 e. The number of benzene rings is 2. The van der Waals surface area contributed by atoms with Crippen LogP contribution in [0.5, 0.6) is 11.5 Å². The van der Waals surface area contributed by atoms with E-state index in [4.69, 9.17) is 9.84 Å². The van der Waals surface area contributed by atoms with Gasteiger partial charge < -0.3 is 14.9 Å². The Morgan fingerprint density at radius 1 is 1.32 bits per heavy atom. The second kappa shape index (κ2) is 6.95. The van der Waals surface area contributed by atoms with Crippen molar-refractivity contribution in [2.75, 3.05) is 12.5 Å². The number of carboxylic acid groups (broad SMARTS) is 1. The minimum absolute atomic E-state index is 0.0249. The molecule has 3 N–H and O–H groups in total. The molecular formula is C15H13BrN2O4. The topological polar surface area (TPSA) is 91.2 Å². The molecule has 0 radical (unpaired) electrons. The lowest BCUT2D eigenvalue weighted by Crippen LogP contribution is -1.96. The monoisotopic (exact) mass is 364 g/mol. The highest BCUT2D eigenvalue weighted by Crippen LogP contribution is 2.34. The normalized spacial score (nSPS) is 10.6. The van der Waals surface area contributed by atoms with Crippen LogP contribution in [0.2, 0.25) is 0 Å². The van der Waals surface area contributed by atoms with E-state index in [-0.39, 0.29) is 11.3 Å². The van der Waals surface area contributed by atoms with Crippen molar-refractivity contribution in [1.82, 2.24) is 0 Å². The first-order valence-corrected chi connectivity index (χ1v) is 6.99. The molecule has 0 heterocycles. The number of ether oxygens (including phenoxy) is 1. The number of rotatable bonds is 5. The van der Waals surface area contributed by atoms with Crippen LogP contribution in [-0.2, 0) is 0 Å². The summed E-state index contributed by atoms with van der Waals surface area (Å²) >= 11 is 3.23. The highest BCUT2D eigenvalue weighted by molar-refractivity contribution is 9.10. The zero-order valence-corrected chi connectivity index (χ0v) is 13.2. The highest BCUT2D eigenvalue weighted by Gasteiger charge is 2.07. The van der Waals surface area contributed by atoms with Gasteiger partial charge in [-0.15, -0.1) is 0 Å². The van der Waals surface area contributed by atoms with Crippen LogP contribution < -0.4 is 10.2 Å². The average molecular weight is 365 g/mol. The Bertz CT molecular complexity index is 714. The number of hydrazone groups is 1. The van der Waals surface area contributed by atoms with Gasteiger partial charge in [-0.05, 0) is 57.9 Å². The van der Waals surface area contributed by atoms with E-state index in [1.807, 2.05) is 0 Å². The van der Waals surface area contributed by atoms with Crippen molar-refractivity contribution in [1.29, 1.82) is 0 Å². The maximum atomic E-state index is 10.7. The first-order valence-electron chi connectivity index (χ1n) is 6.20. The Balaban J connectivity index is 2.09. The third kappa shape index (κ3) is 3.76. The van der Waals surface area contributed by atoms with Gasteiger partial charge in [-0.25, -0.2) is 4.79 Å². The molecule has 7 heteroatoms. The number of nitrogens with zero attached hydrogens (tertiary/aromatic N) is 1. The second-order valence-corrected chi connectivity index (χ2v) is 5.16. The Labute approximate surface area is 135 Å². The van der Waals surface area contributed by atoms with Gasteiger partial charge in [-0.2, -0.15) is 5.10 Å². The molecule has 0 aliphatic heterocycles. The number of methoxy groups -OCH3 is 1. The zero-order chi connectivity index (χ0) is 16.1. The van der Waals surface area contributed by atoms with E-state index in [1.54, 1.807) is 30.5 Å². The molecule has 0 unspecified atom stereocenters. The zero-order valence-electron chi connectivity index (χ0n) is 11.6. The quantitative estimate of drug-likeness (QED) is 0.559. The third-order valence-electron chi connectivity index (χ3n) is 2.81. The number of anilines is 1. The smallest absolute Gasteiger partial charge is 0.335 e. The molecule has 2 aromatic carbocycles.